The SMILES string of the molecule is COC(=O)c1ccc2c(=O)n(CC(=O)N3CCN(c4cc(Cl)ccc4C)CC3)c(=S)[nH]c2c1. The zero-order chi connectivity index (χ0) is 23.7. The normalized spacial score (nSPS) is 13.9. The van der Waals surface area contributed by atoms with Gasteiger partial charge in [0.15, 0.2) is 4.77 Å². The number of halogens is 1. The molecule has 3 aromatic rings. The summed E-state index contributed by atoms with van der Waals surface area (Å²) >= 11 is 11.5. The summed E-state index contributed by atoms with van der Waals surface area (Å²) in [6.45, 7) is 4.29. The number of anilines is 1. The maximum Gasteiger partial charge on any atom is 0.337 e. The van der Waals surface area contributed by atoms with Crippen molar-refractivity contribution < 1.29 is 14.3 Å². The fourth-order valence-corrected chi connectivity index (χ4v) is 4.42. The van der Waals surface area contributed by atoms with E-state index in [0.717, 1.165) is 11.3 Å². The Morgan fingerprint density at radius 1 is 1.12 bits per heavy atom. The minimum Gasteiger partial charge on any atom is -0.465 e. The third kappa shape index (κ3) is 4.65. The molecule has 1 amide bonds. The van der Waals surface area contributed by atoms with E-state index in [1.165, 1.54) is 29.9 Å². The van der Waals surface area contributed by atoms with Crippen LogP contribution in [0.5, 0.6) is 0 Å². The van der Waals surface area contributed by atoms with Gasteiger partial charge in [0.05, 0.1) is 23.6 Å². The van der Waals surface area contributed by atoms with E-state index in [1.54, 1.807) is 4.90 Å². The van der Waals surface area contributed by atoms with E-state index in [-0.39, 0.29) is 22.8 Å². The van der Waals surface area contributed by atoms with Crippen molar-refractivity contribution in [3.05, 3.63) is 67.7 Å². The third-order valence-electron chi connectivity index (χ3n) is 5.84. The number of methoxy groups -OCH3 is 1. The maximum atomic E-state index is 13.0. The number of aromatic nitrogens is 2. The number of benzene rings is 2. The number of ether oxygens (including phenoxy) is 1. The summed E-state index contributed by atoms with van der Waals surface area (Å²) in [4.78, 5) is 44.6. The number of nitrogens with zero attached hydrogens (tertiary/aromatic N) is 3. The van der Waals surface area contributed by atoms with Crippen LogP contribution in [0.4, 0.5) is 5.69 Å². The van der Waals surface area contributed by atoms with Gasteiger partial charge in [-0.15, -0.1) is 0 Å². The number of esters is 1. The van der Waals surface area contributed by atoms with E-state index in [4.69, 9.17) is 28.6 Å². The van der Waals surface area contributed by atoms with Gasteiger partial charge >= 0.3 is 5.97 Å². The van der Waals surface area contributed by atoms with Gasteiger partial charge in [0.25, 0.3) is 5.56 Å². The van der Waals surface area contributed by atoms with Gasteiger partial charge in [0, 0.05) is 36.9 Å². The maximum absolute atomic E-state index is 13.0. The Hall–Kier alpha value is -3.17. The average Bonchev–Trinajstić information content (AvgIpc) is 2.82. The van der Waals surface area contributed by atoms with Crippen LogP contribution >= 0.6 is 23.8 Å². The first-order valence-electron chi connectivity index (χ1n) is 10.4. The summed E-state index contributed by atoms with van der Waals surface area (Å²) in [5.41, 5.74) is 2.53. The Balaban J connectivity index is 1.50. The summed E-state index contributed by atoms with van der Waals surface area (Å²) in [5.74, 6) is -0.688. The zero-order valence-corrected chi connectivity index (χ0v) is 19.8. The molecule has 2 aromatic carbocycles. The van der Waals surface area contributed by atoms with Gasteiger partial charge in [-0.05, 0) is 55.0 Å². The van der Waals surface area contributed by atoms with E-state index in [2.05, 4.69) is 9.88 Å². The van der Waals surface area contributed by atoms with Gasteiger partial charge < -0.3 is 19.5 Å². The number of fused-ring (bicyclic) bond motifs is 1. The summed E-state index contributed by atoms with van der Waals surface area (Å²) in [7, 11) is 1.29. The van der Waals surface area contributed by atoms with Gasteiger partial charge in [0.2, 0.25) is 5.91 Å². The number of aryl methyl sites for hydroxylation is 1. The van der Waals surface area contributed by atoms with Gasteiger partial charge in [-0.25, -0.2) is 4.79 Å². The fraction of sp³-hybridized carbons (Fsp3) is 0.304. The molecule has 0 atom stereocenters. The minimum atomic E-state index is -0.511. The first-order chi connectivity index (χ1) is 15.8. The Morgan fingerprint density at radius 2 is 1.85 bits per heavy atom. The molecule has 1 aromatic heterocycles. The number of H-pyrrole nitrogens is 1. The van der Waals surface area contributed by atoms with Crippen molar-refractivity contribution in [2.24, 2.45) is 0 Å². The Bertz CT molecular complexity index is 1360. The molecule has 0 radical (unpaired) electrons. The molecule has 4 rings (SSSR count). The molecule has 1 saturated heterocycles. The topological polar surface area (TPSA) is 87.6 Å². The molecule has 0 spiro atoms. The molecule has 0 saturated carbocycles. The second-order valence-corrected chi connectivity index (χ2v) is 8.70. The highest BCUT2D eigenvalue weighted by molar-refractivity contribution is 7.71. The molecule has 33 heavy (non-hydrogen) atoms. The first-order valence-corrected chi connectivity index (χ1v) is 11.2. The Kier molecular flexibility index (Phi) is 6.53. The third-order valence-corrected chi connectivity index (χ3v) is 6.40. The van der Waals surface area contributed by atoms with Crippen molar-refractivity contribution >= 4 is 52.3 Å². The second kappa shape index (κ2) is 9.36. The second-order valence-electron chi connectivity index (χ2n) is 7.87. The summed E-state index contributed by atoms with van der Waals surface area (Å²) in [5, 5.41) is 1.02. The monoisotopic (exact) mass is 486 g/mol. The number of rotatable bonds is 4. The highest BCUT2D eigenvalue weighted by Gasteiger charge is 2.23. The van der Waals surface area contributed by atoms with Crippen LogP contribution < -0.4 is 10.5 Å². The average molecular weight is 487 g/mol. The van der Waals surface area contributed by atoms with Crippen LogP contribution in [0.25, 0.3) is 10.9 Å². The van der Waals surface area contributed by atoms with Gasteiger partial charge in [-0.2, -0.15) is 0 Å². The molecule has 1 aliphatic heterocycles. The first kappa shape index (κ1) is 23.0. The van der Waals surface area contributed by atoms with Crippen molar-refractivity contribution in [2.75, 3.05) is 38.2 Å². The molecule has 0 unspecified atom stereocenters. The van der Waals surface area contributed by atoms with Crippen LogP contribution in [0, 0.1) is 11.7 Å². The molecule has 8 nitrogen and oxygen atoms in total. The highest BCUT2D eigenvalue weighted by Crippen LogP contribution is 2.25. The minimum absolute atomic E-state index is 0.121. The van der Waals surface area contributed by atoms with E-state index in [1.807, 2.05) is 25.1 Å². The number of hydrogen-bond acceptors (Lipinski definition) is 6. The van der Waals surface area contributed by atoms with Gasteiger partial charge in [-0.1, -0.05) is 17.7 Å². The quantitative estimate of drug-likeness (QED) is 0.450. The molecule has 2 heterocycles. The van der Waals surface area contributed by atoms with Crippen molar-refractivity contribution in [1.29, 1.82) is 0 Å². The van der Waals surface area contributed by atoms with Crippen LogP contribution in [-0.4, -0.2) is 59.6 Å². The smallest absolute Gasteiger partial charge is 0.337 e. The number of carbonyl (C=O) groups is 2. The van der Waals surface area contributed by atoms with Crippen LogP contribution in [0.1, 0.15) is 15.9 Å². The largest absolute Gasteiger partial charge is 0.465 e. The zero-order valence-electron chi connectivity index (χ0n) is 18.3. The molecule has 1 N–H and O–H groups in total. The van der Waals surface area contributed by atoms with Crippen LogP contribution in [0.15, 0.2) is 41.2 Å². The lowest BCUT2D eigenvalue weighted by atomic mass is 10.1. The molecular weight excluding hydrogens is 464 g/mol. The highest BCUT2D eigenvalue weighted by atomic mass is 35.5. The van der Waals surface area contributed by atoms with E-state index < -0.39 is 5.97 Å². The summed E-state index contributed by atoms with van der Waals surface area (Å²) < 4.78 is 6.09. The standard InChI is InChI=1S/C23H23ClN4O4S/c1-14-3-5-16(24)12-19(14)26-7-9-27(10-8-26)20(29)13-28-21(30)17-6-4-15(22(31)32-2)11-18(17)25-23(28)33/h3-6,11-12H,7-10,13H2,1-2H3,(H,25,33). The number of carbonyl (C=O) groups excluding carboxylic acids is 2. The predicted molar refractivity (Wildman–Crippen MR) is 130 cm³/mol. The lowest BCUT2D eigenvalue weighted by Gasteiger charge is -2.37. The molecule has 172 valence electrons. The summed E-state index contributed by atoms with van der Waals surface area (Å²) in [6.07, 6.45) is 0. The molecule has 1 aliphatic rings. The molecule has 10 heteroatoms. The summed E-state index contributed by atoms with van der Waals surface area (Å²) in [6, 6.07) is 10.3. The lowest BCUT2D eigenvalue weighted by Crippen LogP contribution is -2.50. The van der Waals surface area contributed by atoms with Crippen molar-refractivity contribution in [2.45, 2.75) is 13.5 Å². The fourth-order valence-electron chi connectivity index (χ4n) is 4.00. The van der Waals surface area contributed by atoms with Crippen LogP contribution in [0.3, 0.4) is 0 Å². The Labute approximate surface area is 200 Å². The van der Waals surface area contributed by atoms with Gasteiger partial charge in [-0.3, -0.25) is 14.2 Å². The van der Waals surface area contributed by atoms with Crippen LogP contribution in [-0.2, 0) is 16.1 Å². The van der Waals surface area contributed by atoms with Crippen LogP contribution in [0.2, 0.25) is 5.02 Å². The Morgan fingerprint density at radius 3 is 2.55 bits per heavy atom. The molecule has 0 bridgehead atoms. The van der Waals surface area contributed by atoms with Crippen molar-refractivity contribution in [1.82, 2.24) is 14.5 Å². The van der Waals surface area contributed by atoms with E-state index >= 15 is 0 Å². The molecular formula is C23H23ClN4O4S. The number of piperazine rings is 1. The number of hydrogen-bond donors (Lipinski definition) is 1. The molecule has 1 fully saturated rings. The predicted octanol–water partition coefficient (Wildman–Crippen LogP) is 3.16. The van der Waals surface area contributed by atoms with Gasteiger partial charge in [0.1, 0.15) is 6.54 Å². The number of nitrogens with one attached hydrogen (secondary N) is 1. The molecule has 0 aliphatic carbocycles. The van der Waals surface area contributed by atoms with Crippen molar-refractivity contribution in [3.63, 3.8) is 0 Å². The van der Waals surface area contributed by atoms with E-state index in [9.17, 15) is 14.4 Å². The van der Waals surface area contributed by atoms with E-state index in [0.29, 0.717) is 47.7 Å². The lowest BCUT2D eigenvalue weighted by molar-refractivity contribution is -0.132. The van der Waals surface area contributed by atoms with Crippen molar-refractivity contribution in [3.8, 4) is 0 Å². The number of aromatic amines is 1. The number of amides is 1.